The summed E-state index contributed by atoms with van der Waals surface area (Å²) in [6, 6.07) is 3.00. The monoisotopic (exact) mass is 286 g/mol. The molecule has 0 aliphatic rings. The first kappa shape index (κ1) is 15.9. The van der Waals surface area contributed by atoms with Gasteiger partial charge in [-0.2, -0.15) is 0 Å². The summed E-state index contributed by atoms with van der Waals surface area (Å²) in [5.74, 6) is 0.384. The van der Waals surface area contributed by atoms with E-state index in [2.05, 4.69) is 15.0 Å². The number of aromatic nitrogens is 1. The number of anilines is 1. The van der Waals surface area contributed by atoms with E-state index in [0.717, 1.165) is 0 Å². The maximum absolute atomic E-state index is 12.3. The van der Waals surface area contributed by atoms with E-state index >= 15 is 0 Å². The summed E-state index contributed by atoms with van der Waals surface area (Å²) >= 11 is 0. The number of pyridine rings is 1. The molecule has 1 aromatic heterocycles. The van der Waals surface area contributed by atoms with Gasteiger partial charge in [-0.3, -0.25) is 0 Å². The molecule has 0 amide bonds. The molecule has 6 nitrogen and oxygen atoms in total. The van der Waals surface area contributed by atoms with Crippen molar-refractivity contribution >= 4 is 15.8 Å². The first-order chi connectivity index (χ1) is 8.86. The van der Waals surface area contributed by atoms with Crippen LogP contribution in [-0.2, 0) is 10.0 Å². The lowest BCUT2D eigenvalue weighted by Crippen LogP contribution is -2.39. The minimum Gasteiger partial charge on any atom is -0.369 e. The fourth-order valence-corrected chi connectivity index (χ4v) is 3.19. The van der Waals surface area contributed by atoms with Crippen molar-refractivity contribution in [1.29, 1.82) is 0 Å². The molecule has 0 bridgehead atoms. The van der Waals surface area contributed by atoms with E-state index in [1.54, 1.807) is 18.3 Å². The average molecular weight is 286 g/mol. The quantitative estimate of drug-likeness (QED) is 0.773. The fourth-order valence-electron chi connectivity index (χ4n) is 1.82. The molecule has 0 aliphatic carbocycles. The van der Waals surface area contributed by atoms with Gasteiger partial charge in [-0.05, 0) is 40.1 Å². The number of likely N-dealkylation sites (N-methyl/N-ethyl adjacent to an activating group) is 1. The highest BCUT2D eigenvalue weighted by Crippen LogP contribution is 2.17. The van der Waals surface area contributed by atoms with Gasteiger partial charge in [0.1, 0.15) is 10.7 Å². The van der Waals surface area contributed by atoms with Crippen molar-refractivity contribution in [2.24, 2.45) is 0 Å². The van der Waals surface area contributed by atoms with Gasteiger partial charge < -0.3 is 10.2 Å². The first-order valence-electron chi connectivity index (χ1n) is 6.22. The first-order valence-corrected chi connectivity index (χ1v) is 7.71. The Hall–Kier alpha value is -1.18. The zero-order valence-corrected chi connectivity index (χ0v) is 12.7. The van der Waals surface area contributed by atoms with E-state index in [4.69, 9.17) is 0 Å². The van der Waals surface area contributed by atoms with Crippen molar-refractivity contribution in [2.75, 3.05) is 32.5 Å². The SMILES string of the molecule is CCNc1ncccc1S(=O)(=O)NC(C)CN(C)C. The zero-order valence-electron chi connectivity index (χ0n) is 11.8. The molecule has 1 heterocycles. The lowest BCUT2D eigenvalue weighted by atomic mass is 10.3. The Morgan fingerprint density at radius 2 is 2.11 bits per heavy atom. The van der Waals surface area contributed by atoms with Gasteiger partial charge in [-0.1, -0.05) is 0 Å². The normalized spacial score (nSPS) is 13.5. The Morgan fingerprint density at radius 1 is 1.42 bits per heavy atom. The molecular formula is C12H22N4O2S. The largest absolute Gasteiger partial charge is 0.369 e. The van der Waals surface area contributed by atoms with E-state index in [1.807, 2.05) is 32.8 Å². The van der Waals surface area contributed by atoms with Crippen LogP contribution in [0.4, 0.5) is 5.82 Å². The number of rotatable bonds is 7. The molecule has 1 atom stereocenters. The van der Waals surface area contributed by atoms with Crippen LogP contribution in [0.1, 0.15) is 13.8 Å². The Bertz CT molecular complexity index is 502. The van der Waals surface area contributed by atoms with Crippen LogP contribution >= 0.6 is 0 Å². The van der Waals surface area contributed by atoms with Gasteiger partial charge in [0.05, 0.1) is 0 Å². The molecule has 19 heavy (non-hydrogen) atoms. The molecule has 108 valence electrons. The predicted molar refractivity (Wildman–Crippen MR) is 76.7 cm³/mol. The van der Waals surface area contributed by atoms with Crippen molar-refractivity contribution in [3.05, 3.63) is 18.3 Å². The molecule has 1 aromatic rings. The molecule has 0 fully saturated rings. The number of hydrogen-bond donors (Lipinski definition) is 2. The van der Waals surface area contributed by atoms with Gasteiger partial charge >= 0.3 is 0 Å². The Balaban J connectivity index is 2.94. The van der Waals surface area contributed by atoms with Crippen molar-refractivity contribution < 1.29 is 8.42 Å². The summed E-state index contributed by atoms with van der Waals surface area (Å²) in [4.78, 5) is 6.18. The summed E-state index contributed by atoms with van der Waals surface area (Å²) in [5, 5.41) is 2.96. The highest BCUT2D eigenvalue weighted by molar-refractivity contribution is 7.89. The van der Waals surface area contributed by atoms with Gasteiger partial charge in [0, 0.05) is 25.3 Å². The summed E-state index contributed by atoms with van der Waals surface area (Å²) in [6.45, 7) is 4.98. The van der Waals surface area contributed by atoms with E-state index < -0.39 is 10.0 Å². The third-order valence-corrected chi connectivity index (χ3v) is 4.02. The molecule has 1 rings (SSSR count). The molecule has 0 aliphatic heterocycles. The maximum Gasteiger partial charge on any atom is 0.244 e. The van der Waals surface area contributed by atoms with Crippen LogP contribution in [0.5, 0.6) is 0 Å². The predicted octanol–water partition coefficient (Wildman–Crippen LogP) is 0.742. The van der Waals surface area contributed by atoms with Crippen LogP contribution in [0, 0.1) is 0 Å². The van der Waals surface area contributed by atoms with Crippen LogP contribution in [-0.4, -0.2) is 51.5 Å². The maximum atomic E-state index is 12.3. The van der Waals surface area contributed by atoms with Crippen molar-refractivity contribution in [1.82, 2.24) is 14.6 Å². The standard InChI is InChI=1S/C12H22N4O2S/c1-5-13-12-11(7-6-8-14-12)19(17,18)15-10(2)9-16(3)4/h6-8,10,15H,5,9H2,1-4H3,(H,13,14). The third kappa shape index (κ3) is 4.77. The van der Waals surface area contributed by atoms with Gasteiger partial charge in [0.25, 0.3) is 0 Å². The summed E-state index contributed by atoms with van der Waals surface area (Å²) < 4.78 is 27.3. The topological polar surface area (TPSA) is 74.3 Å². The lowest BCUT2D eigenvalue weighted by Gasteiger charge is -2.19. The third-order valence-electron chi connectivity index (χ3n) is 2.40. The summed E-state index contributed by atoms with van der Waals surface area (Å²) in [5.41, 5.74) is 0. The second-order valence-electron chi connectivity index (χ2n) is 4.67. The van der Waals surface area contributed by atoms with Gasteiger partial charge in [-0.15, -0.1) is 0 Å². The minimum absolute atomic E-state index is 0.172. The molecule has 7 heteroatoms. The zero-order chi connectivity index (χ0) is 14.5. The van der Waals surface area contributed by atoms with E-state index in [0.29, 0.717) is 18.9 Å². The average Bonchev–Trinajstić information content (AvgIpc) is 2.27. The fraction of sp³-hybridized carbons (Fsp3) is 0.583. The Kier molecular flexibility index (Phi) is 5.71. The van der Waals surface area contributed by atoms with Crippen LogP contribution in [0.25, 0.3) is 0 Å². The highest BCUT2D eigenvalue weighted by atomic mass is 32.2. The number of sulfonamides is 1. The van der Waals surface area contributed by atoms with Gasteiger partial charge in [-0.25, -0.2) is 18.1 Å². The van der Waals surface area contributed by atoms with Crippen LogP contribution < -0.4 is 10.0 Å². The number of nitrogens with zero attached hydrogens (tertiary/aromatic N) is 2. The number of nitrogens with one attached hydrogen (secondary N) is 2. The van der Waals surface area contributed by atoms with E-state index in [9.17, 15) is 8.42 Å². The summed E-state index contributed by atoms with van der Waals surface area (Å²) in [6.07, 6.45) is 1.57. The molecular weight excluding hydrogens is 264 g/mol. The second-order valence-corrected chi connectivity index (χ2v) is 6.35. The van der Waals surface area contributed by atoms with Crippen LogP contribution in [0.15, 0.2) is 23.2 Å². The van der Waals surface area contributed by atoms with Crippen LogP contribution in [0.2, 0.25) is 0 Å². The minimum atomic E-state index is -3.56. The van der Waals surface area contributed by atoms with Crippen molar-refractivity contribution in [2.45, 2.75) is 24.8 Å². The van der Waals surface area contributed by atoms with Crippen molar-refractivity contribution in [3.8, 4) is 0 Å². The Labute approximate surface area is 115 Å². The smallest absolute Gasteiger partial charge is 0.244 e. The van der Waals surface area contributed by atoms with E-state index in [1.165, 1.54) is 0 Å². The van der Waals surface area contributed by atoms with Crippen molar-refractivity contribution in [3.63, 3.8) is 0 Å². The molecule has 0 saturated carbocycles. The van der Waals surface area contributed by atoms with Gasteiger partial charge in [0.2, 0.25) is 10.0 Å². The highest BCUT2D eigenvalue weighted by Gasteiger charge is 2.21. The summed E-state index contributed by atoms with van der Waals surface area (Å²) in [7, 11) is 0.244. The van der Waals surface area contributed by atoms with Gasteiger partial charge in [0.15, 0.2) is 0 Å². The lowest BCUT2D eigenvalue weighted by molar-refractivity contribution is 0.370. The molecule has 0 radical (unpaired) electrons. The molecule has 0 spiro atoms. The second kappa shape index (κ2) is 6.83. The molecule has 0 aromatic carbocycles. The van der Waals surface area contributed by atoms with Crippen LogP contribution in [0.3, 0.4) is 0 Å². The Morgan fingerprint density at radius 3 is 2.68 bits per heavy atom. The molecule has 0 saturated heterocycles. The van der Waals surface area contributed by atoms with E-state index in [-0.39, 0.29) is 10.9 Å². The molecule has 1 unspecified atom stereocenters. The number of hydrogen-bond acceptors (Lipinski definition) is 5. The molecule has 2 N–H and O–H groups in total.